The number of anilines is 1. The molecule has 7 aliphatic rings. The number of hydrogen-bond donors (Lipinski definition) is 1. The van der Waals surface area contributed by atoms with E-state index in [2.05, 4.69) is 54.7 Å². The number of ether oxygens (including phenoxy) is 2. The molecular formula is C28H35N3O3. The predicted molar refractivity (Wildman–Crippen MR) is 131 cm³/mol. The van der Waals surface area contributed by atoms with E-state index in [1.54, 1.807) is 6.26 Å². The smallest absolute Gasteiger partial charge is 0.247 e. The van der Waals surface area contributed by atoms with Crippen molar-refractivity contribution in [1.82, 2.24) is 9.80 Å². The van der Waals surface area contributed by atoms with E-state index in [1.165, 1.54) is 5.56 Å². The predicted octanol–water partition coefficient (Wildman–Crippen LogP) is 4.07. The molecule has 1 amide bonds. The number of piperidine rings is 2. The van der Waals surface area contributed by atoms with Crippen LogP contribution in [0.4, 0.5) is 5.69 Å². The number of likely N-dealkylation sites (N-methyl/N-ethyl adjacent to an activating group) is 1. The van der Waals surface area contributed by atoms with Gasteiger partial charge in [0.25, 0.3) is 0 Å². The number of fused-ring (bicyclic) bond motifs is 5. The van der Waals surface area contributed by atoms with Gasteiger partial charge in [0.1, 0.15) is 11.1 Å². The molecule has 1 N–H and O–H groups in total. The van der Waals surface area contributed by atoms with E-state index in [4.69, 9.17) is 9.47 Å². The molecule has 0 unspecified atom stereocenters. The summed E-state index contributed by atoms with van der Waals surface area (Å²) in [4.78, 5) is 18.5. The van der Waals surface area contributed by atoms with Crippen molar-refractivity contribution >= 4 is 11.6 Å². The molecular weight excluding hydrogens is 426 g/mol. The second kappa shape index (κ2) is 5.84. The van der Waals surface area contributed by atoms with Crippen molar-refractivity contribution in [2.24, 2.45) is 11.3 Å². The topological polar surface area (TPSA) is 54.0 Å². The number of amides is 1. The zero-order valence-electron chi connectivity index (χ0n) is 21.0. The molecule has 1 aromatic rings. The Balaban J connectivity index is 1.39. The van der Waals surface area contributed by atoms with E-state index < -0.39 is 11.1 Å². The minimum Gasteiger partial charge on any atom is -0.480 e. The average molecular weight is 462 g/mol. The molecule has 6 heterocycles. The quantitative estimate of drug-likeness (QED) is 0.590. The van der Waals surface area contributed by atoms with Gasteiger partial charge < -0.3 is 19.7 Å². The second-order valence-electron chi connectivity index (χ2n) is 12.6. The Kier molecular flexibility index (Phi) is 3.58. The molecule has 4 atom stereocenters. The summed E-state index contributed by atoms with van der Waals surface area (Å²) in [5, 5.41) is 3.75. The molecule has 1 aliphatic carbocycles. The minimum absolute atomic E-state index is 0.0168. The number of benzene rings is 1. The summed E-state index contributed by atoms with van der Waals surface area (Å²) in [7, 11) is 2.05. The summed E-state index contributed by atoms with van der Waals surface area (Å²) >= 11 is 0. The van der Waals surface area contributed by atoms with Crippen molar-refractivity contribution in [2.75, 3.05) is 32.0 Å². The lowest BCUT2D eigenvalue weighted by Crippen LogP contribution is -2.78. The molecule has 6 heteroatoms. The fourth-order valence-electron chi connectivity index (χ4n) is 8.79. The number of nitrogens with zero attached hydrogens (tertiary/aromatic N) is 2. The van der Waals surface area contributed by atoms with Crippen LogP contribution in [0.5, 0.6) is 11.5 Å². The van der Waals surface area contributed by atoms with Crippen LogP contribution in [-0.4, -0.2) is 59.1 Å². The van der Waals surface area contributed by atoms with Crippen molar-refractivity contribution in [2.45, 2.75) is 69.1 Å². The first-order valence-corrected chi connectivity index (χ1v) is 12.6. The Morgan fingerprint density at radius 1 is 1.21 bits per heavy atom. The molecule has 34 heavy (non-hydrogen) atoms. The van der Waals surface area contributed by atoms with E-state index in [0.717, 1.165) is 61.7 Å². The number of hydrogen-bond acceptors (Lipinski definition) is 5. The number of nitrogens with one attached hydrogen (secondary N) is 1. The van der Waals surface area contributed by atoms with E-state index in [0.29, 0.717) is 5.92 Å². The van der Waals surface area contributed by atoms with Crippen LogP contribution in [0.15, 0.2) is 36.6 Å². The normalized spacial score (nSPS) is 40.3. The lowest BCUT2D eigenvalue weighted by atomic mass is 9.57. The molecule has 6 aliphatic heterocycles. The third-order valence-corrected chi connectivity index (χ3v) is 10.7. The molecule has 3 spiro atoms. The van der Waals surface area contributed by atoms with E-state index in [1.807, 2.05) is 19.9 Å². The van der Waals surface area contributed by atoms with Crippen LogP contribution in [0, 0.1) is 11.3 Å². The van der Waals surface area contributed by atoms with Gasteiger partial charge in [0.15, 0.2) is 11.5 Å². The maximum absolute atomic E-state index is 13.9. The van der Waals surface area contributed by atoms with Crippen molar-refractivity contribution in [3.8, 4) is 11.5 Å². The van der Waals surface area contributed by atoms with Gasteiger partial charge >= 0.3 is 0 Å². The Bertz CT molecular complexity index is 1200. The maximum Gasteiger partial charge on any atom is 0.247 e. The van der Waals surface area contributed by atoms with Crippen molar-refractivity contribution in [3.63, 3.8) is 0 Å². The van der Waals surface area contributed by atoms with E-state index in [-0.39, 0.29) is 22.3 Å². The molecule has 6 nitrogen and oxygen atoms in total. The summed E-state index contributed by atoms with van der Waals surface area (Å²) in [6, 6.07) is 4.33. The van der Waals surface area contributed by atoms with E-state index in [9.17, 15) is 4.79 Å². The van der Waals surface area contributed by atoms with Gasteiger partial charge in [0, 0.05) is 32.1 Å². The van der Waals surface area contributed by atoms with Gasteiger partial charge in [-0.15, -0.1) is 0 Å². The van der Waals surface area contributed by atoms with Crippen LogP contribution in [0.2, 0.25) is 0 Å². The Hall–Kier alpha value is -2.47. The number of piperazine rings is 1. The zero-order chi connectivity index (χ0) is 23.9. The van der Waals surface area contributed by atoms with Gasteiger partial charge in [0.05, 0.1) is 17.5 Å². The van der Waals surface area contributed by atoms with Crippen molar-refractivity contribution in [1.29, 1.82) is 0 Å². The largest absolute Gasteiger partial charge is 0.480 e. The molecule has 8 rings (SSSR count). The lowest BCUT2D eigenvalue weighted by molar-refractivity contribution is -0.179. The van der Waals surface area contributed by atoms with Gasteiger partial charge in [-0.25, -0.2) is 0 Å². The summed E-state index contributed by atoms with van der Waals surface area (Å²) in [5.74, 6) is 2.22. The van der Waals surface area contributed by atoms with Crippen LogP contribution in [0.3, 0.4) is 0 Å². The number of carbonyl (C=O) groups excluding carboxylic acids is 1. The highest BCUT2D eigenvalue weighted by Crippen LogP contribution is 2.72. The lowest BCUT2D eigenvalue weighted by Gasteiger charge is -2.64. The summed E-state index contributed by atoms with van der Waals surface area (Å²) in [6.07, 6.45) is 6.49. The number of rotatable bonds is 0. The molecule has 1 aromatic carbocycles. The number of carbonyl (C=O) groups is 1. The van der Waals surface area contributed by atoms with Gasteiger partial charge in [-0.2, -0.15) is 0 Å². The summed E-state index contributed by atoms with van der Waals surface area (Å²) < 4.78 is 12.4. The Morgan fingerprint density at radius 2 is 2.00 bits per heavy atom. The zero-order valence-corrected chi connectivity index (χ0v) is 21.0. The summed E-state index contributed by atoms with van der Waals surface area (Å²) in [5.41, 5.74) is 2.26. The molecule has 1 saturated carbocycles. The highest BCUT2D eigenvalue weighted by atomic mass is 16.5. The highest BCUT2D eigenvalue weighted by Gasteiger charge is 2.78. The molecule has 0 aromatic heterocycles. The first-order valence-electron chi connectivity index (χ1n) is 12.6. The summed E-state index contributed by atoms with van der Waals surface area (Å²) in [6.45, 7) is 16.1. The molecule has 4 saturated heterocycles. The van der Waals surface area contributed by atoms with Crippen LogP contribution < -0.4 is 14.8 Å². The van der Waals surface area contributed by atoms with Gasteiger partial charge in [-0.05, 0) is 67.7 Å². The molecule has 180 valence electrons. The van der Waals surface area contributed by atoms with Crippen molar-refractivity contribution < 1.29 is 14.3 Å². The van der Waals surface area contributed by atoms with Crippen LogP contribution in [-0.2, 0) is 10.2 Å². The Labute approximate surface area is 202 Å². The highest BCUT2D eigenvalue weighted by molar-refractivity contribution is 5.93. The van der Waals surface area contributed by atoms with Gasteiger partial charge in [-0.1, -0.05) is 26.5 Å². The Morgan fingerprint density at radius 3 is 2.79 bits per heavy atom. The van der Waals surface area contributed by atoms with Crippen LogP contribution in [0.1, 0.15) is 52.5 Å². The van der Waals surface area contributed by atoms with Gasteiger partial charge in [-0.3, -0.25) is 9.69 Å². The first-order chi connectivity index (χ1) is 16.0. The van der Waals surface area contributed by atoms with E-state index >= 15 is 0 Å². The van der Waals surface area contributed by atoms with Crippen molar-refractivity contribution in [3.05, 3.63) is 42.2 Å². The SMILES string of the molecule is C=C1CCN2C[C@]34C[C@@]5(CNc6c5ccc5c6OC=CC(C)(C)O5)C(C)(C)[C@@H]3C[C@]12C(=O)N4C. The molecule has 5 fully saturated rings. The standard InChI is InChI=1S/C28H35N3O3/c1-17-9-11-31-16-27-14-26(25(4,5)20(27)13-28(17,31)23(32)30(27)6)15-29-21-18(26)7-8-19-22(21)33-12-10-24(2,3)34-19/h7-8,10,12,20,29H,1,9,11,13-16H2,2-6H3/t20-,26-,27+,28+/m0/s1. The fourth-order valence-corrected chi connectivity index (χ4v) is 8.79. The van der Waals surface area contributed by atoms with Crippen LogP contribution in [0.25, 0.3) is 0 Å². The first kappa shape index (κ1) is 20.9. The minimum atomic E-state index is -0.500. The molecule has 0 radical (unpaired) electrons. The fraction of sp³-hybridized carbons (Fsp3) is 0.607. The van der Waals surface area contributed by atoms with Gasteiger partial charge in [0.2, 0.25) is 5.91 Å². The molecule has 2 bridgehead atoms. The second-order valence-corrected chi connectivity index (χ2v) is 12.6. The maximum atomic E-state index is 13.9. The third-order valence-electron chi connectivity index (χ3n) is 10.7. The third kappa shape index (κ3) is 2.04. The van der Waals surface area contributed by atoms with Crippen LogP contribution >= 0.6 is 0 Å². The monoisotopic (exact) mass is 461 g/mol. The average Bonchev–Trinajstić information content (AvgIpc) is 3.32.